The molecular formula is C13H19BrN2O. The molecule has 1 saturated heterocycles. The molecule has 94 valence electrons. The highest BCUT2D eigenvalue weighted by molar-refractivity contribution is 9.10. The van der Waals surface area contributed by atoms with E-state index in [2.05, 4.69) is 43.9 Å². The number of benzene rings is 1. The molecule has 0 unspecified atom stereocenters. The quantitative estimate of drug-likeness (QED) is 0.914. The molecule has 0 aliphatic carbocycles. The van der Waals surface area contributed by atoms with Crippen molar-refractivity contribution in [1.82, 2.24) is 9.80 Å². The first-order valence-electron chi connectivity index (χ1n) is 6.08. The van der Waals surface area contributed by atoms with Crippen LogP contribution in [0.1, 0.15) is 5.56 Å². The Kier molecular flexibility index (Phi) is 4.98. The van der Waals surface area contributed by atoms with Crippen molar-refractivity contribution in [3.63, 3.8) is 0 Å². The number of piperazine rings is 1. The van der Waals surface area contributed by atoms with E-state index in [1.165, 1.54) is 10.0 Å². The molecule has 3 nitrogen and oxygen atoms in total. The second kappa shape index (κ2) is 6.50. The van der Waals surface area contributed by atoms with Gasteiger partial charge in [0.15, 0.2) is 0 Å². The van der Waals surface area contributed by atoms with Gasteiger partial charge in [-0.05, 0) is 11.6 Å². The van der Waals surface area contributed by atoms with Crippen LogP contribution in [0.5, 0.6) is 0 Å². The molecule has 1 aromatic rings. The van der Waals surface area contributed by atoms with Crippen molar-refractivity contribution in [3.05, 3.63) is 34.3 Å². The van der Waals surface area contributed by atoms with Gasteiger partial charge in [-0.2, -0.15) is 0 Å². The van der Waals surface area contributed by atoms with Gasteiger partial charge in [-0.1, -0.05) is 34.1 Å². The Hall–Kier alpha value is -0.420. The van der Waals surface area contributed by atoms with Gasteiger partial charge in [-0.3, -0.25) is 9.80 Å². The molecule has 1 aliphatic heterocycles. The van der Waals surface area contributed by atoms with E-state index in [0.29, 0.717) is 0 Å². The van der Waals surface area contributed by atoms with Crippen LogP contribution in [-0.4, -0.2) is 54.2 Å². The summed E-state index contributed by atoms with van der Waals surface area (Å²) in [6.07, 6.45) is 0. The van der Waals surface area contributed by atoms with Gasteiger partial charge in [0.1, 0.15) is 0 Å². The summed E-state index contributed by atoms with van der Waals surface area (Å²) in [5.74, 6) is 0. The minimum Gasteiger partial charge on any atom is -0.395 e. The maximum Gasteiger partial charge on any atom is 0.0558 e. The molecule has 0 radical (unpaired) electrons. The maximum atomic E-state index is 8.89. The number of β-amino-alcohol motifs (C(OH)–C–C–N with tert-alkyl or cyclic N) is 1. The fourth-order valence-electron chi connectivity index (χ4n) is 2.18. The summed E-state index contributed by atoms with van der Waals surface area (Å²) in [5, 5.41) is 8.89. The summed E-state index contributed by atoms with van der Waals surface area (Å²) in [5.41, 5.74) is 1.35. The minimum absolute atomic E-state index is 0.268. The molecule has 0 aromatic heterocycles. The first-order valence-corrected chi connectivity index (χ1v) is 6.88. The Labute approximate surface area is 111 Å². The predicted octanol–water partition coefficient (Wildman–Crippen LogP) is 1.56. The Balaban J connectivity index is 1.84. The summed E-state index contributed by atoms with van der Waals surface area (Å²) in [6.45, 7) is 6.38. The van der Waals surface area contributed by atoms with E-state index < -0.39 is 0 Å². The maximum absolute atomic E-state index is 8.89. The molecule has 1 aromatic carbocycles. The van der Waals surface area contributed by atoms with Gasteiger partial charge in [0.2, 0.25) is 0 Å². The van der Waals surface area contributed by atoms with Crippen LogP contribution in [0.3, 0.4) is 0 Å². The lowest BCUT2D eigenvalue weighted by Crippen LogP contribution is -2.46. The van der Waals surface area contributed by atoms with E-state index in [-0.39, 0.29) is 6.61 Å². The molecule has 0 bridgehead atoms. The summed E-state index contributed by atoms with van der Waals surface area (Å²) in [7, 11) is 0. The van der Waals surface area contributed by atoms with Gasteiger partial charge in [0.05, 0.1) is 6.61 Å². The third-order valence-electron chi connectivity index (χ3n) is 3.23. The number of aliphatic hydroxyl groups excluding tert-OH is 1. The molecule has 1 aliphatic rings. The van der Waals surface area contributed by atoms with Crippen LogP contribution in [0, 0.1) is 0 Å². The average molecular weight is 299 g/mol. The van der Waals surface area contributed by atoms with Crippen molar-refractivity contribution in [2.24, 2.45) is 0 Å². The lowest BCUT2D eigenvalue weighted by molar-refractivity contribution is 0.108. The molecule has 2 rings (SSSR count). The highest BCUT2D eigenvalue weighted by Crippen LogP contribution is 2.18. The Morgan fingerprint density at radius 3 is 2.35 bits per heavy atom. The average Bonchev–Trinajstić information content (AvgIpc) is 2.35. The standard InChI is InChI=1S/C13H19BrN2O/c14-13-4-2-1-3-12(13)11-16-7-5-15(6-8-16)9-10-17/h1-4,17H,5-11H2. The van der Waals surface area contributed by atoms with E-state index in [0.717, 1.165) is 39.3 Å². The van der Waals surface area contributed by atoms with Crippen LogP contribution in [0.4, 0.5) is 0 Å². The normalized spacial score (nSPS) is 18.5. The van der Waals surface area contributed by atoms with Crippen LogP contribution in [0.2, 0.25) is 0 Å². The lowest BCUT2D eigenvalue weighted by Gasteiger charge is -2.34. The molecule has 17 heavy (non-hydrogen) atoms. The van der Waals surface area contributed by atoms with Crippen molar-refractivity contribution in [1.29, 1.82) is 0 Å². The van der Waals surface area contributed by atoms with Crippen LogP contribution in [0.15, 0.2) is 28.7 Å². The summed E-state index contributed by atoms with van der Waals surface area (Å²) in [4.78, 5) is 4.78. The van der Waals surface area contributed by atoms with Crippen molar-refractivity contribution < 1.29 is 5.11 Å². The van der Waals surface area contributed by atoms with Gasteiger partial charge in [0, 0.05) is 43.7 Å². The van der Waals surface area contributed by atoms with Crippen molar-refractivity contribution in [3.8, 4) is 0 Å². The number of rotatable bonds is 4. The Bertz CT molecular complexity index is 351. The van der Waals surface area contributed by atoms with E-state index >= 15 is 0 Å². The minimum atomic E-state index is 0.268. The molecule has 1 fully saturated rings. The molecule has 1 heterocycles. The van der Waals surface area contributed by atoms with E-state index in [9.17, 15) is 0 Å². The summed E-state index contributed by atoms with van der Waals surface area (Å²) >= 11 is 3.59. The SMILES string of the molecule is OCCN1CCN(Cc2ccccc2Br)CC1. The highest BCUT2D eigenvalue weighted by atomic mass is 79.9. The van der Waals surface area contributed by atoms with Gasteiger partial charge < -0.3 is 5.11 Å². The molecular weight excluding hydrogens is 280 g/mol. The van der Waals surface area contributed by atoms with Gasteiger partial charge >= 0.3 is 0 Å². The fraction of sp³-hybridized carbons (Fsp3) is 0.538. The zero-order valence-electron chi connectivity index (χ0n) is 9.98. The third kappa shape index (κ3) is 3.78. The van der Waals surface area contributed by atoms with Crippen LogP contribution in [-0.2, 0) is 6.54 Å². The van der Waals surface area contributed by atoms with Gasteiger partial charge in [0.25, 0.3) is 0 Å². The van der Waals surface area contributed by atoms with Crippen molar-refractivity contribution in [2.45, 2.75) is 6.54 Å². The molecule has 0 saturated carbocycles. The second-order valence-corrected chi connectivity index (χ2v) is 5.29. The lowest BCUT2D eigenvalue weighted by atomic mass is 10.2. The summed E-state index contributed by atoms with van der Waals surface area (Å²) < 4.78 is 1.19. The van der Waals surface area contributed by atoms with E-state index in [1.54, 1.807) is 0 Å². The Morgan fingerprint density at radius 2 is 1.71 bits per heavy atom. The molecule has 0 spiro atoms. The van der Waals surface area contributed by atoms with E-state index in [4.69, 9.17) is 5.11 Å². The third-order valence-corrected chi connectivity index (χ3v) is 4.01. The first kappa shape index (κ1) is 13.0. The number of nitrogens with zero attached hydrogens (tertiary/aromatic N) is 2. The van der Waals surface area contributed by atoms with Crippen LogP contribution >= 0.6 is 15.9 Å². The largest absolute Gasteiger partial charge is 0.395 e. The van der Waals surface area contributed by atoms with Crippen molar-refractivity contribution in [2.75, 3.05) is 39.3 Å². The smallest absolute Gasteiger partial charge is 0.0558 e. The fourth-order valence-corrected chi connectivity index (χ4v) is 2.59. The zero-order valence-corrected chi connectivity index (χ0v) is 11.6. The molecule has 0 amide bonds. The van der Waals surface area contributed by atoms with Crippen LogP contribution < -0.4 is 0 Å². The Morgan fingerprint density at radius 1 is 1.06 bits per heavy atom. The number of aliphatic hydroxyl groups is 1. The predicted molar refractivity (Wildman–Crippen MR) is 72.9 cm³/mol. The monoisotopic (exact) mass is 298 g/mol. The second-order valence-electron chi connectivity index (χ2n) is 4.43. The van der Waals surface area contributed by atoms with Crippen molar-refractivity contribution >= 4 is 15.9 Å². The topological polar surface area (TPSA) is 26.7 Å². The van der Waals surface area contributed by atoms with E-state index in [1.807, 2.05) is 6.07 Å². The summed E-state index contributed by atoms with van der Waals surface area (Å²) in [6, 6.07) is 8.40. The molecule has 1 N–H and O–H groups in total. The zero-order chi connectivity index (χ0) is 12.1. The van der Waals surface area contributed by atoms with Gasteiger partial charge in [-0.25, -0.2) is 0 Å². The number of hydrogen-bond acceptors (Lipinski definition) is 3. The number of hydrogen-bond donors (Lipinski definition) is 1. The van der Waals surface area contributed by atoms with Gasteiger partial charge in [-0.15, -0.1) is 0 Å². The van der Waals surface area contributed by atoms with Crippen LogP contribution in [0.25, 0.3) is 0 Å². The molecule has 0 atom stereocenters. The molecule has 4 heteroatoms. The highest BCUT2D eigenvalue weighted by Gasteiger charge is 2.16. The number of halogens is 1. The first-order chi connectivity index (χ1) is 8.29.